The van der Waals surface area contributed by atoms with Gasteiger partial charge in [0.1, 0.15) is 12.4 Å². The van der Waals surface area contributed by atoms with Crippen LogP contribution in [0.4, 0.5) is 0 Å². The molecule has 0 saturated carbocycles. The zero-order chi connectivity index (χ0) is 15.7. The number of aryl methyl sites for hydroxylation is 1. The fourth-order valence-electron chi connectivity index (χ4n) is 1.79. The molecule has 1 aromatic carbocycles. The molecule has 116 valence electrons. The fraction of sp³-hybridized carbons (Fsp3) is 0.471. The summed E-state index contributed by atoms with van der Waals surface area (Å²) in [6.45, 7) is 7.98. The number of hydrogen-bond donors (Lipinski definition) is 1. The largest absolute Gasteiger partial charge is 0.490 e. The van der Waals surface area contributed by atoms with Gasteiger partial charge in [-0.2, -0.15) is 0 Å². The third-order valence-electron chi connectivity index (χ3n) is 2.96. The van der Waals surface area contributed by atoms with Crippen molar-refractivity contribution >= 4 is 12.0 Å². The Bertz CT molecular complexity index is 478. The van der Waals surface area contributed by atoms with Crippen LogP contribution in [0.5, 0.6) is 5.75 Å². The zero-order valence-corrected chi connectivity index (χ0v) is 13.0. The van der Waals surface area contributed by atoms with E-state index in [2.05, 4.69) is 13.8 Å². The minimum absolute atomic E-state index is 0.455. The summed E-state index contributed by atoms with van der Waals surface area (Å²) in [5.74, 6) is 0.372. The highest BCUT2D eigenvalue weighted by Gasteiger charge is 2.05. The molecular weight excluding hydrogens is 268 g/mol. The lowest BCUT2D eigenvalue weighted by Crippen LogP contribution is -2.09. The van der Waals surface area contributed by atoms with Crippen molar-refractivity contribution in [2.24, 2.45) is 5.92 Å². The highest BCUT2D eigenvalue weighted by molar-refractivity contribution is 5.86. The van der Waals surface area contributed by atoms with Crippen LogP contribution in [-0.2, 0) is 9.53 Å². The molecule has 0 amide bonds. The molecule has 0 aliphatic carbocycles. The molecule has 21 heavy (non-hydrogen) atoms. The summed E-state index contributed by atoms with van der Waals surface area (Å²) in [4.78, 5) is 10.6. The Labute approximate surface area is 126 Å². The number of aliphatic carboxylic acids is 1. The van der Waals surface area contributed by atoms with Crippen LogP contribution in [0.2, 0.25) is 0 Å². The highest BCUT2D eigenvalue weighted by Crippen LogP contribution is 2.24. The van der Waals surface area contributed by atoms with Gasteiger partial charge in [0, 0.05) is 18.2 Å². The smallest absolute Gasteiger partial charge is 0.328 e. The topological polar surface area (TPSA) is 55.8 Å². The van der Waals surface area contributed by atoms with Crippen LogP contribution in [-0.4, -0.2) is 30.9 Å². The van der Waals surface area contributed by atoms with E-state index < -0.39 is 5.97 Å². The molecule has 0 aliphatic rings. The Kier molecular flexibility index (Phi) is 7.54. The lowest BCUT2D eigenvalue weighted by atomic mass is 10.1. The lowest BCUT2D eigenvalue weighted by molar-refractivity contribution is -0.131. The summed E-state index contributed by atoms with van der Waals surface area (Å²) in [5, 5.41) is 8.71. The number of carboxylic acid groups (broad SMARTS) is 1. The van der Waals surface area contributed by atoms with Crippen LogP contribution in [0.1, 0.15) is 31.4 Å². The Balaban J connectivity index is 2.52. The van der Waals surface area contributed by atoms with Crippen LogP contribution < -0.4 is 4.74 Å². The summed E-state index contributed by atoms with van der Waals surface area (Å²) >= 11 is 0. The second kappa shape index (κ2) is 9.19. The average molecular weight is 292 g/mol. The van der Waals surface area contributed by atoms with Crippen LogP contribution in [0.3, 0.4) is 0 Å². The number of carbonyl (C=O) groups is 1. The van der Waals surface area contributed by atoms with Gasteiger partial charge in [-0.3, -0.25) is 0 Å². The molecule has 1 N–H and O–H groups in total. The molecule has 0 aromatic heterocycles. The quantitative estimate of drug-likeness (QED) is 0.559. The first kappa shape index (κ1) is 17.2. The van der Waals surface area contributed by atoms with E-state index in [0.717, 1.165) is 30.2 Å². The Morgan fingerprint density at radius 2 is 2.05 bits per heavy atom. The molecule has 0 spiro atoms. The Hall–Kier alpha value is -1.81. The Morgan fingerprint density at radius 3 is 2.71 bits per heavy atom. The van der Waals surface area contributed by atoms with Crippen molar-refractivity contribution in [1.82, 2.24) is 0 Å². The van der Waals surface area contributed by atoms with Crippen LogP contribution >= 0.6 is 0 Å². The number of benzene rings is 1. The van der Waals surface area contributed by atoms with Gasteiger partial charge in [-0.15, -0.1) is 0 Å². The molecular formula is C17H24O4. The average Bonchev–Trinajstić information content (AvgIpc) is 2.41. The number of carboxylic acids is 1. The first-order valence-electron chi connectivity index (χ1n) is 7.22. The first-order chi connectivity index (χ1) is 10.0. The number of rotatable bonds is 9. The van der Waals surface area contributed by atoms with Gasteiger partial charge in [0.05, 0.1) is 6.61 Å². The molecule has 0 unspecified atom stereocenters. The predicted octanol–water partition coefficient (Wildman–Crippen LogP) is 3.53. The van der Waals surface area contributed by atoms with Crippen molar-refractivity contribution in [3.05, 3.63) is 35.4 Å². The molecule has 0 atom stereocenters. The summed E-state index contributed by atoms with van der Waals surface area (Å²) in [7, 11) is 0. The van der Waals surface area contributed by atoms with E-state index in [-0.39, 0.29) is 0 Å². The van der Waals surface area contributed by atoms with Gasteiger partial charge in [0.2, 0.25) is 0 Å². The first-order valence-corrected chi connectivity index (χ1v) is 7.22. The predicted molar refractivity (Wildman–Crippen MR) is 83.6 cm³/mol. The lowest BCUT2D eigenvalue weighted by Gasteiger charge is -2.12. The maximum Gasteiger partial charge on any atom is 0.328 e. The SMILES string of the molecule is Cc1cccc(/C=C/C(=O)O)c1OCCOCCC(C)C. The third-order valence-corrected chi connectivity index (χ3v) is 2.96. The second-order valence-corrected chi connectivity index (χ2v) is 5.31. The van der Waals surface area contributed by atoms with Gasteiger partial charge in [-0.1, -0.05) is 32.0 Å². The van der Waals surface area contributed by atoms with E-state index in [4.69, 9.17) is 14.6 Å². The highest BCUT2D eigenvalue weighted by atomic mass is 16.5. The number of para-hydroxylation sites is 1. The second-order valence-electron chi connectivity index (χ2n) is 5.31. The third kappa shape index (κ3) is 6.95. The van der Waals surface area contributed by atoms with Gasteiger partial charge in [-0.25, -0.2) is 4.79 Å². The summed E-state index contributed by atoms with van der Waals surface area (Å²) < 4.78 is 11.2. The standard InChI is InChI=1S/C17H24O4/c1-13(2)9-10-20-11-12-21-17-14(3)5-4-6-15(17)7-8-16(18)19/h4-8,13H,9-12H2,1-3H3,(H,18,19)/b8-7+. The molecule has 0 radical (unpaired) electrons. The van der Waals surface area contributed by atoms with Gasteiger partial charge in [0.25, 0.3) is 0 Å². The van der Waals surface area contributed by atoms with Gasteiger partial charge in [-0.05, 0) is 30.9 Å². The van der Waals surface area contributed by atoms with Gasteiger partial charge in [0.15, 0.2) is 0 Å². The number of hydrogen-bond acceptors (Lipinski definition) is 3. The normalized spacial score (nSPS) is 11.2. The van der Waals surface area contributed by atoms with E-state index in [1.165, 1.54) is 0 Å². The molecule has 0 bridgehead atoms. The van der Waals surface area contributed by atoms with E-state index >= 15 is 0 Å². The fourth-order valence-corrected chi connectivity index (χ4v) is 1.79. The molecule has 1 rings (SSSR count). The van der Waals surface area contributed by atoms with Crippen LogP contribution in [0.15, 0.2) is 24.3 Å². The molecule has 0 fully saturated rings. The molecule has 1 aromatic rings. The van der Waals surface area contributed by atoms with Crippen LogP contribution in [0.25, 0.3) is 6.08 Å². The molecule has 0 aliphatic heterocycles. The van der Waals surface area contributed by atoms with Crippen LogP contribution in [0, 0.1) is 12.8 Å². The molecule has 4 nitrogen and oxygen atoms in total. The van der Waals surface area contributed by atoms with E-state index in [1.54, 1.807) is 6.08 Å². The minimum Gasteiger partial charge on any atom is -0.490 e. The monoisotopic (exact) mass is 292 g/mol. The van der Waals surface area contributed by atoms with Crippen molar-refractivity contribution in [3.8, 4) is 5.75 Å². The summed E-state index contributed by atoms with van der Waals surface area (Å²) in [6.07, 6.45) is 3.70. The minimum atomic E-state index is -0.973. The molecule has 0 heterocycles. The summed E-state index contributed by atoms with van der Waals surface area (Å²) in [6, 6.07) is 5.65. The number of ether oxygens (including phenoxy) is 2. The van der Waals surface area contributed by atoms with Crippen molar-refractivity contribution in [1.29, 1.82) is 0 Å². The zero-order valence-electron chi connectivity index (χ0n) is 13.0. The van der Waals surface area contributed by atoms with E-state index in [0.29, 0.717) is 24.9 Å². The van der Waals surface area contributed by atoms with Crippen molar-refractivity contribution < 1.29 is 19.4 Å². The van der Waals surface area contributed by atoms with Gasteiger partial charge >= 0.3 is 5.97 Å². The van der Waals surface area contributed by atoms with E-state index in [9.17, 15) is 4.79 Å². The summed E-state index contributed by atoms with van der Waals surface area (Å²) in [5.41, 5.74) is 1.74. The Morgan fingerprint density at radius 1 is 1.29 bits per heavy atom. The van der Waals surface area contributed by atoms with Crippen molar-refractivity contribution in [2.45, 2.75) is 27.2 Å². The van der Waals surface area contributed by atoms with Crippen molar-refractivity contribution in [3.63, 3.8) is 0 Å². The maximum atomic E-state index is 10.6. The van der Waals surface area contributed by atoms with Gasteiger partial charge < -0.3 is 14.6 Å². The molecule has 0 saturated heterocycles. The molecule has 4 heteroatoms. The van der Waals surface area contributed by atoms with E-state index in [1.807, 2.05) is 25.1 Å². The van der Waals surface area contributed by atoms with Crippen molar-refractivity contribution in [2.75, 3.05) is 19.8 Å². The maximum absolute atomic E-state index is 10.6.